The zero-order valence-electron chi connectivity index (χ0n) is 10.8. The lowest BCUT2D eigenvalue weighted by Gasteiger charge is -2.30. The van der Waals surface area contributed by atoms with Crippen molar-refractivity contribution in [2.75, 3.05) is 19.8 Å². The number of rotatable bonds is 3. The van der Waals surface area contributed by atoms with Crippen LogP contribution >= 0.6 is 0 Å². The molecule has 2 aliphatic heterocycles. The minimum absolute atomic E-state index is 0.136. The summed E-state index contributed by atoms with van der Waals surface area (Å²) in [5.74, 6) is -1.07. The molecule has 6 heteroatoms. The predicted molar refractivity (Wildman–Crippen MR) is 64.1 cm³/mol. The number of carboxylic acid groups (broad SMARTS) is 1. The molecule has 2 fully saturated rings. The highest BCUT2D eigenvalue weighted by Crippen LogP contribution is 2.29. The second-order valence-electron chi connectivity index (χ2n) is 5.63. The molecule has 0 radical (unpaired) electrons. The van der Waals surface area contributed by atoms with E-state index in [1.54, 1.807) is 6.92 Å². The molecule has 2 heterocycles. The van der Waals surface area contributed by atoms with Crippen molar-refractivity contribution in [3.05, 3.63) is 0 Å². The van der Waals surface area contributed by atoms with Gasteiger partial charge in [0.15, 0.2) is 0 Å². The van der Waals surface area contributed by atoms with Gasteiger partial charge in [-0.2, -0.15) is 0 Å². The van der Waals surface area contributed by atoms with Gasteiger partial charge in [0.2, 0.25) is 5.91 Å². The number of hydrogen-bond donors (Lipinski definition) is 3. The third-order valence-corrected chi connectivity index (χ3v) is 4.12. The quantitative estimate of drug-likeness (QED) is 0.647. The third-order valence-electron chi connectivity index (χ3n) is 4.12. The number of hydrogen-bond acceptors (Lipinski definition) is 4. The zero-order chi connectivity index (χ0) is 13.4. The highest BCUT2D eigenvalue weighted by atomic mass is 16.5. The van der Waals surface area contributed by atoms with Crippen LogP contribution in [-0.2, 0) is 14.3 Å². The molecule has 3 unspecified atom stereocenters. The van der Waals surface area contributed by atoms with Gasteiger partial charge in [-0.1, -0.05) is 0 Å². The van der Waals surface area contributed by atoms with E-state index in [0.29, 0.717) is 0 Å². The van der Waals surface area contributed by atoms with Crippen LogP contribution in [0.5, 0.6) is 0 Å². The number of carbonyl (C=O) groups is 2. The highest BCUT2D eigenvalue weighted by Gasteiger charge is 2.49. The average molecular weight is 256 g/mol. The van der Waals surface area contributed by atoms with Gasteiger partial charge >= 0.3 is 5.97 Å². The van der Waals surface area contributed by atoms with Crippen LogP contribution in [0.1, 0.15) is 26.7 Å². The molecular formula is C12H20N2O4. The van der Waals surface area contributed by atoms with Gasteiger partial charge in [-0.3, -0.25) is 9.59 Å². The second-order valence-corrected chi connectivity index (χ2v) is 5.63. The Morgan fingerprint density at radius 2 is 2.17 bits per heavy atom. The van der Waals surface area contributed by atoms with E-state index in [1.807, 2.05) is 6.92 Å². The second kappa shape index (κ2) is 4.51. The molecule has 0 aromatic carbocycles. The Balaban J connectivity index is 2.05. The maximum Gasteiger partial charge on any atom is 0.313 e. The highest BCUT2D eigenvalue weighted by molar-refractivity contribution is 5.87. The molecule has 0 bridgehead atoms. The van der Waals surface area contributed by atoms with Gasteiger partial charge in [-0.15, -0.1) is 0 Å². The molecule has 102 valence electrons. The monoisotopic (exact) mass is 256 g/mol. The first-order valence-corrected chi connectivity index (χ1v) is 6.26. The van der Waals surface area contributed by atoms with Crippen LogP contribution in [-0.4, -0.2) is 48.3 Å². The summed E-state index contributed by atoms with van der Waals surface area (Å²) < 4.78 is 5.21. The van der Waals surface area contributed by atoms with Crippen LogP contribution in [0.15, 0.2) is 0 Å². The lowest BCUT2D eigenvalue weighted by Crippen LogP contribution is -2.58. The normalized spacial score (nSPS) is 39.8. The molecule has 0 aromatic heterocycles. The number of carboxylic acids is 1. The number of nitrogens with one attached hydrogen (secondary N) is 2. The molecule has 2 aliphatic rings. The van der Waals surface area contributed by atoms with Crippen molar-refractivity contribution in [3.63, 3.8) is 0 Å². The number of amides is 1. The van der Waals surface area contributed by atoms with Gasteiger partial charge in [0.25, 0.3) is 0 Å². The fourth-order valence-electron chi connectivity index (χ4n) is 2.49. The Morgan fingerprint density at radius 1 is 1.44 bits per heavy atom. The Hall–Kier alpha value is -1.14. The lowest BCUT2D eigenvalue weighted by atomic mass is 9.84. The molecule has 0 saturated carbocycles. The molecule has 3 atom stereocenters. The summed E-state index contributed by atoms with van der Waals surface area (Å²) >= 11 is 0. The van der Waals surface area contributed by atoms with Crippen molar-refractivity contribution >= 4 is 11.9 Å². The molecule has 6 nitrogen and oxygen atoms in total. The molecule has 0 aliphatic carbocycles. The zero-order valence-corrected chi connectivity index (χ0v) is 10.8. The Labute approximate surface area is 106 Å². The Bertz CT molecular complexity index is 365. The molecule has 3 N–H and O–H groups in total. The van der Waals surface area contributed by atoms with E-state index < -0.39 is 23.0 Å². The fourth-order valence-corrected chi connectivity index (χ4v) is 2.49. The van der Waals surface area contributed by atoms with Crippen molar-refractivity contribution in [1.29, 1.82) is 0 Å². The van der Waals surface area contributed by atoms with E-state index in [9.17, 15) is 14.7 Å². The number of carbonyl (C=O) groups excluding carboxylic acids is 1. The summed E-state index contributed by atoms with van der Waals surface area (Å²) in [6.07, 6.45) is 1.73. The SMILES string of the molecule is CC1(C(=O)NC2COCC2(C)C(=O)O)CCCN1. The minimum atomic E-state index is -1.04. The summed E-state index contributed by atoms with van der Waals surface area (Å²) in [6.45, 7) is 4.67. The van der Waals surface area contributed by atoms with Gasteiger partial charge < -0.3 is 20.5 Å². The van der Waals surface area contributed by atoms with Crippen LogP contribution in [0.4, 0.5) is 0 Å². The Kier molecular flexibility index (Phi) is 3.33. The molecule has 18 heavy (non-hydrogen) atoms. The summed E-state index contributed by atoms with van der Waals surface area (Å²) in [7, 11) is 0. The molecule has 0 aromatic rings. The largest absolute Gasteiger partial charge is 0.481 e. The van der Waals surface area contributed by atoms with Crippen LogP contribution in [0, 0.1) is 5.41 Å². The van der Waals surface area contributed by atoms with Crippen molar-refractivity contribution in [3.8, 4) is 0 Å². The van der Waals surface area contributed by atoms with E-state index in [1.165, 1.54) is 0 Å². The van der Waals surface area contributed by atoms with Crippen LogP contribution < -0.4 is 10.6 Å². The molecule has 0 spiro atoms. The third kappa shape index (κ3) is 2.10. The predicted octanol–water partition coefficient (Wildman–Crippen LogP) is -0.266. The van der Waals surface area contributed by atoms with Crippen molar-refractivity contribution in [2.45, 2.75) is 38.3 Å². The van der Waals surface area contributed by atoms with E-state index in [0.717, 1.165) is 19.4 Å². The van der Waals surface area contributed by atoms with E-state index in [2.05, 4.69) is 10.6 Å². The standard InChI is InChI=1S/C12H20N2O4/c1-11(10(16)17)7-18-6-8(11)14-9(15)12(2)4-3-5-13-12/h8,13H,3-7H2,1-2H3,(H,14,15)(H,16,17). The van der Waals surface area contributed by atoms with E-state index in [4.69, 9.17) is 4.74 Å². The van der Waals surface area contributed by atoms with Crippen LogP contribution in [0.25, 0.3) is 0 Å². The van der Waals surface area contributed by atoms with E-state index >= 15 is 0 Å². The number of aliphatic carboxylic acids is 1. The van der Waals surface area contributed by atoms with Crippen molar-refractivity contribution in [1.82, 2.24) is 10.6 Å². The van der Waals surface area contributed by atoms with E-state index in [-0.39, 0.29) is 19.1 Å². The minimum Gasteiger partial charge on any atom is -0.481 e. The lowest BCUT2D eigenvalue weighted by molar-refractivity contribution is -0.149. The van der Waals surface area contributed by atoms with Crippen LogP contribution in [0.2, 0.25) is 0 Å². The Morgan fingerprint density at radius 3 is 2.72 bits per heavy atom. The summed E-state index contributed by atoms with van der Waals surface area (Å²) in [5.41, 5.74) is -1.62. The molecule has 2 rings (SSSR count). The number of ether oxygens (including phenoxy) is 1. The maximum absolute atomic E-state index is 12.2. The first-order chi connectivity index (χ1) is 8.38. The average Bonchev–Trinajstić information content (AvgIpc) is 2.88. The first kappa shape index (κ1) is 13.3. The summed E-state index contributed by atoms with van der Waals surface area (Å²) in [5, 5.41) is 15.2. The van der Waals surface area contributed by atoms with Gasteiger partial charge in [0, 0.05) is 0 Å². The van der Waals surface area contributed by atoms with Crippen molar-refractivity contribution in [2.24, 2.45) is 5.41 Å². The molecular weight excluding hydrogens is 236 g/mol. The van der Waals surface area contributed by atoms with Gasteiger partial charge in [-0.05, 0) is 33.2 Å². The van der Waals surface area contributed by atoms with Gasteiger partial charge in [0.1, 0.15) is 5.41 Å². The fraction of sp³-hybridized carbons (Fsp3) is 0.833. The molecule has 2 saturated heterocycles. The summed E-state index contributed by atoms with van der Waals surface area (Å²) in [6, 6.07) is -0.471. The van der Waals surface area contributed by atoms with Crippen LogP contribution in [0.3, 0.4) is 0 Å². The summed E-state index contributed by atoms with van der Waals surface area (Å²) in [4.78, 5) is 23.5. The first-order valence-electron chi connectivity index (χ1n) is 6.26. The maximum atomic E-state index is 12.2. The smallest absolute Gasteiger partial charge is 0.313 e. The topological polar surface area (TPSA) is 87.7 Å². The molecule has 1 amide bonds. The van der Waals surface area contributed by atoms with Gasteiger partial charge in [-0.25, -0.2) is 0 Å². The van der Waals surface area contributed by atoms with Crippen molar-refractivity contribution < 1.29 is 19.4 Å². The van der Waals surface area contributed by atoms with Gasteiger partial charge in [0.05, 0.1) is 24.8 Å².